The summed E-state index contributed by atoms with van der Waals surface area (Å²) in [7, 11) is 0. The first kappa shape index (κ1) is 13.9. The zero-order chi connectivity index (χ0) is 11.8. The molecule has 0 rings (SSSR count). The zero-order valence-corrected chi connectivity index (χ0v) is 10.0. The van der Waals surface area contributed by atoms with Crippen LogP contribution >= 0.6 is 0 Å². The second-order valence-corrected chi connectivity index (χ2v) is 4.01. The normalized spacial score (nSPS) is 11.7. The number of hydrogen-bond donors (Lipinski definition) is 0. The maximum atomic E-state index is 11.4. The summed E-state index contributed by atoms with van der Waals surface area (Å²) < 4.78 is 4.65. The minimum atomic E-state index is -0.403. The Bertz CT molecular complexity index is 250. The molecule has 0 fully saturated rings. The van der Waals surface area contributed by atoms with Crippen LogP contribution in [-0.4, -0.2) is 18.4 Å². The lowest BCUT2D eigenvalue weighted by Gasteiger charge is -2.08. The number of esters is 1. The molecule has 0 radical (unpaired) electrons. The molecule has 1 atom stereocenters. The summed E-state index contributed by atoms with van der Waals surface area (Å²) in [6, 6.07) is 0. The number of Topliss-reactive ketones (excluding diaryl/α,β-unsaturated/α-hetero) is 1. The van der Waals surface area contributed by atoms with Crippen molar-refractivity contribution in [2.45, 2.75) is 40.5 Å². The molecular formula is C12H20O3. The Hall–Kier alpha value is -1.12. The van der Waals surface area contributed by atoms with E-state index in [1.165, 1.54) is 12.5 Å². The predicted molar refractivity (Wildman–Crippen MR) is 59.5 cm³/mol. The van der Waals surface area contributed by atoms with Crippen molar-refractivity contribution in [3.05, 3.63) is 11.6 Å². The summed E-state index contributed by atoms with van der Waals surface area (Å²) in [6.45, 7) is 7.15. The summed E-state index contributed by atoms with van der Waals surface area (Å²) >= 11 is 0. The highest BCUT2D eigenvalue weighted by Crippen LogP contribution is 2.09. The van der Waals surface area contributed by atoms with E-state index in [1.54, 1.807) is 0 Å². The molecular weight excluding hydrogens is 192 g/mol. The fraction of sp³-hybridized carbons (Fsp3) is 0.667. The Morgan fingerprint density at radius 2 is 1.87 bits per heavy atom. The lowest BCUT2D eigenvalue weighted by Crippen LogP contribution is -2.18. The van der Waals surface area contributed by atoms with Crippen molar-refractivity contribution in [3.8, 4) is 0 Å². The number of carbonyl (C=O) groups excluding carboxylic acids is 2. The zero-order valence-electron chi connectivity index (χ0n) is 10.0. The molecule has 15 heavy (non-hydrogen) atoms. The topological polar surface area (TPSA) is 43.4 Å². The van der Waals surface area contributed by atoms with E-state index < -0.39 is 5.97 Å². The smallest absolute Gasteiger partial charge is 0.303 e. The first-order valence-corrected chi connectivity index (χ1v) is 5.23. The second-order valence-electron chi connectivity index (χ2n) is 4.01. The number of rotatable bonds is 6. The molecule has 0 saturated heterocycles. The molecule has 0 bridgehead atoms. The molecule has 3 nitrogen and oxygen atoms in total. The van der Waals surface area contributed by atoms with E-state index in [9.17, 15) is 9.59 Å². The number of ether oxygens (including phenoxy) is 1. The third-order valence-corrected chi connectivity index (χ3v) is 2.12. The summed E-state index contributed by atoms with van der Waals surface area (Å²) in [6.07, 6.45) is 3.82. The standard InChI is InChI=1S/C12H20O3/c1-9(2)6-5-7-10(3)12(14)8-15-11(4)13/h6,10H,5,7-8H2,1-4H3. The average Bonchev–Trinajstić information content (AvgIpc) is 2.13. The van der Waals surface area contributed by atoms with E-state index in [1.807, 2.05) is 20.8 Å². The molecule has 0 aromatic heterocycles. The molecule has 86 valence electrons. The van der Waals surface area contributed by atoms with E-state index in [0.717, 1.165) is 12.8 Å². The number of carbonyl (C=O) groups is 2. The van der Waals surface area contributed by atoms with E-state index in [-0.39, 0.29) is 18.3 Å². The van der Waals surface area contributed by atoms with Crippen LogP contribution in [0.1, 0.15) is 40.5 Å². The molecule has 3 heteroatoms. The van der Waals surface area contributed by atoms with Crippen LogP contribution in [0.3, 0.4) is 0 Å². The fourth-order valence-electron chi connectivity index (χ4n) is 1.10. The highest BCUT2D eigenvalue weighted by atomic mass is 16.5. The molecule has 0 aliphatic heterocycles. The van der Waals surface area contributed by atoms with E-state index in [4.69, 9.17) is 0 Å². The van der Waals surface area contributed by atoms with Crippen molar-refractivity contribution in [2.75, 3.05) is 6.61 Å². The van der Waals surface area contributed by atoms with Gasteiger partial charge in [0, 0.05) is 12.8 Å². The molecule has 0 N–H and O–H groups in total. The van der Waals surface area contributed by atoms with Crippen molar-refractivity contribution in [1.82, 2.24) is 0 Å². The van der Waals surface area contributed by atoms with Gasteiger partial charge in [-0.15, -0.1) is 0 Å². The number of hydrogen-bond acceptors (Lipinski definition) is 3. The van der Waals surface area contributed by atoms with Gasteiger partial charge >= 0.3 is 5.97 Å². The van der Waals surface area contributed by atoms with Gasteiger partial charge in [-0.2, -0.15) is 0 Å². The van der Waals surface area contributed by atoms with Gasteiger partial charge < -0.3 is 4.74 Å². The van der Waals surface area contributed by atoms with Gasteiger partial charge in [0.25, 0.3) is 0 Å². The number of ketones is 1. The van der Waals surface area contributed by atoms with Crippen molar-refractivity contribution in [1.29, 1.82) is 0 Å². The van der Waals surface area contributed by atoms with Gasteiger partial charge in [-0.1, -0.05) is 18.6 Å². The highest BCUT2D eigenvalue weighted by Gasteiger charge is 2.13. The van der Waals surface area contributed by atoms with Crippen molar-refractivity contribution < 1.29 is 14.3 Å². The Labute approximate surface area is 91.5 Å². The van der Waals surface area contributed by atoms with Crippen LogP contribution < -0.4 is 0 Å². The highest BCUT2D eigenvalue weighted by molar-refractivity contribution is 5.83. The Morgan fingerprint density at radius 1 is 1.27 bits per heavy atom. The molecule has 0 saturated carbocycles. The molecule has 0 spiro atoms. The molecule has 0 aromatic rings. The maximum absolute atomic E-state index is 11.4. The largest absolute Gasteiger partial charge is 0.458 e. The van der Waals surface area contributed by atoms with E-state index in [0.29, 0.717) is 0 Å². The third kappa shape index (κ3) is 7.91. The lowest BCUT2D eigenvalue weighted by molar-refractivity contribution is -0.146. The second kappa shape index (κ2) is 7.21. The SMILES string of the molecule is CC(=O)OCC(=O)C(C)CCC=C(C)C. The quantitative estimate of drug-likeness (QED) is 0.502. The minimum Gasteiger partial charge on any atom is -0.458 e. The van der Waals surface area contributed by atoms with E-state index in [2.05, 4.69) is 10.8 Å². The van der Waals surface area contributed by atoms with Crippen LogP contribution in [0.4, 0.5) is 0 Å². The van der Waals surface area contributed by atoms with Crippen molar-refractivity contribution >= 4 is 11.8 Å². The van der Waals surface area contributed by atoms with Gasteiger partial charge in [0.15, 0.2) is 5.78 Å². The molecule has 0 aliphatic carbocycles. The summed E-state index contributed by atoms with van der Waals surface area (Å²) in [5.41, 5.74) is 1.26. The van der Waals surface area contributed by atoms with Gasteiger partial charge in [0.2, 0.25) is 0 Å². The monoisotopic (exact) mass is 212 g/mol. The molecule has 0 aromatic carbocycles. The van der Waals surface area contributed by atoms with Crippen LogP contribution in [-0.2, 0) is 14.3 Å². The average molecular weight is 212 g/mol. The van der Waals surface area contributed by atoms with Gasteiger partial charge in [-0.3, -0.25) is 9.59 Å². The summed E-state index contributed by atoms with van der Waals surface area (Å²) in [5, 5.41) is 0. The van der Waals surface area contributed by atoms with Gasteiger partial charge in [-0.05, 0) is 26.7 Å². The first-order chi connectivity index (χ1) is 6.93. The minimum absolute atomic E-state index is 0.00708. The Balaban J connectivity index is 3.79. The first-order valence-electron chi connectivity index (χ1n) is 5.23. The fourth-order valence-corrected chi connectivity index (χ4v) is 1.10. The van der Waals surface area contributed by atoms with Gasteiger partial charge in [0.05, 0.1) is 0 Å². The van der Waals surface area contributed by atoms with E-state index >= 15 is 0 Å². The van der Waals surface area contributed by atoms with Gasteiger partial charge in [0.1, 0.15) is 6.61 Å². The molecule has 0 aliphatic rings. The van der Waals surface area contributed by atoms with Crippen LogP contribution in [0.2, 0.25) is 0 Å². The van der Waals surface area contributed by atoms with Crippen LogP contribution in [0.15, 0.2) is 11.6 Å². The van der Waals surface area contributed by atoms with Crippen molar-refractivity contribution in [2.24, 2.45) is 5.92 Å². The lowest BCUT2D eigenvalue weighted by atomic mass is 10.0. The van der Waals surface area contributed by atoms with Crippen LogP contribution in [0, 0.1) is 5.92 Å². The maximum Gasteiger partial charge on any atom is 0.303 e. The Kier molecular flexibility index (Phi) is 6.67. The summed E-state index contributed by atoms with van der Waals surface area (Å²) in [5.74, 6) is -0.452. The molecule has 0 amide bonds. The Morgan fingerprint density at radius 3 is 2.33 bits per heavy atom. The van der Waals surface area contributed by atoms with Crippen LogP contribution in [0.5, 0.6) is 0 Å². The van der Waals surface area contributed by atoms with Crippen LogP contribution in [0.25, 0.3) is 0 Å². The van der Waals surface area contributed by atoms with Gasteiger partial charge in [-0.25, -0.2) is 0 Å². The number of allylic oxidation sites excluding steroid dienone is 2. The van der Waals surface area contributed by atoms with Crippen molar-refractivity contribution in [3.63, 3.8) is 0 Å². The summed E-state index contributed by atoms with van der Waals surface area (Å²) in [4.78, 5) is 21.9. The molecule has 0 heterocycles. The third-order valence-electron chi connectivity index (χ3n) is 2.12. The predicted octanol–water partition coefficient (Wildman–Crippen LogP) is 2.50. The molecule has 1 unspecified atom stereocenters.